The number of rotatable bonds is 5. The number of amides is 2. The largest absolute Gasteiger partial charge is 0.496 e. The Labute approximate surface area is 167 Å². The molecule has 2 amide bonds. The van der Waals surface area contributed by atoms with Crippen LogP contribution >= 0.6 is 15.9 Å². The van der Waals surface area contributed by atoms with Gasteiger partial charge in [0.2, 0.25) is 5.91 Å². The maximum Gasteiger partial charge on any atom is 0.257 e. The van der Waals surface area contributed by atoms with Crippen LogP contribution in [0.1, 0.15) is 28.8 Å². The van der Waals surface area contributed by atoms with Crippen molar-refractivity contribution >= 4 is 27.7 Å². The van der Waals surface area contributed by atoms with E-state index in [0.717, 1.165) is 28.6 Å². The number of nitrogens with zero attached hydrogens (tertiary/aromatic N) is 2. The quantitative estimate of drug-likeness (QED) is 0.721. The molecule has 1 fully saturated rings. The SMILES string of the molecule is COc1ccc(Br)cc1CN(C)C(=O)C1CCCN(C(=O)c2ccoc2)C1. The fourth-order valence-electron chi connectivity index (χ4n) is 3.45. The molecule has 1 atom stereocenters. The zero-order valence-electron chi connectivity index (χ0n) is 15.5. The first-order valence-corrected chi connectivity index (χ1v) is 9.67. The third kappa shape index (κ3) is 4.53. The lowest BCUT2D eigenvalue weighted by molar-refractivity contribution is -0.136. The minimum absolute atomic E-state index is 0.0433. The second-order valence-corrected chi connectivity index (χ2v) is 7.67. The van der Waals surface area contributed by atoms with E-state index < -0.39 is 0 Å². The fraction of sp³-hybridized carbons (Fsp3) is 0.400. The number of likely N-dealkylation sites (tertiary alicyclic amines) is 1. The Balaban J connectivity index is 1.66. The Morgan fingerprint density at radius 3 is 2.89 bits per heavy atom. The van der Waals surface area contributed by atoms with Crippen molar-refractivity contribution in [3.05, 3.63) is 52.4 Å². The van der Waals surface area contributed by atoms with Crippen LogP contribution in [0.15, 0.2) is 45.7 Å². The van der Waals surface area contributed by atoms with Gasteiger partial charge in [0.25, 0.3) is 5.91 Å². The highest BCUT2D eigenvalue weighted by Crippen LogP contribution is 2.26. The Morgan fingerprint density at radius 1 is 1.37 bits per heavy atom. The predicted molar refractivity (Wildman–Crippen MR) is 105 cm³/mol. The molecule has 1 saturated heterocycles. The number of hydrogen-bond donors (Lipinski definition) is 0. The summed E-state index contributed by atoms with van der Waals surface area (Å²) < 4.78 is 11.3. The van der Waals surface area contributed by atoms with Gasteiger partial charge < -0.3 is 19.0 Å². The van der Waals surface area contributed by atoms with Crippen LogP contribution in [0.3, 0.4) is 0 Å². The minimum atomic E-state index is -0.197. The fourth-order valence-corrected chi connectivity index (χ4v) is 3.86. The van der Waals surface area contributed by atoms with Gasteiger partial charge in [-0.05, 0) is 37.1 Å². The smallest absolute Gasteiger partial charge is 0.257 e. The lowest BCUT2D eigenvalue weighted by atomic mass is 9.96. The van der Waals surface area contributed by atoms with Gasteiger partial charge in [0.15, 0.2) is 0 Å². The molecule has 6 nitrogen and oxygen atoms in total. The summed E-state index contributed by atoms with van der Waals surface area (Å²) in [5, 5.41) is 0. The predicted octanol–water partition coefficient (Wildman–Crippen LogP) is 3.56. The summed E-state index contributed by atoms with van der Waals surface area (Å²) in [5.41, 5.74) is 1.46. The number of piperidine rings is 1. The van der Waals surface area contributed by atoms with Crippen molar-refractivity contribution in [3.8, 4) is 5.75 Å². The van der Waals surface area contributed by atoms with Gasteiger partial charge in [-0.3, -0.25) is 9.59 Å². The topological polar surface area (TPSA) is 63.0 Å². The van der Waals surface area contributed by atoms with E-state index in [1.165, 1.54) is 12.5 Å². The molecule has 1 aliphatic rings. The molecule has 0 saturated carbocycles. The van der Waals surface area contributed by atoms with Crippen LogP contribution in [0.5, 0.6) is 5.75 Å². The van der Waals surface area contributed by atoms with E-state index in [1.54, 1.807) is 30.0 Å². The molecule has 7 heteroatoms. The molecule has 144 valence electrons. The van der Waals surface area contributed by atoms with E-state index >= 15 is 0 Å². The highest BCUT2D eigenvalue weighted by molar-refractivity contribution is 9.10. The second-order valence-electron chi connectivity index (χ2n) is 6.75. The molecule has 1 aromatic heterocycles. The van der Waals surface area contributed by atoms with Gasteiger partial charge in [0.05, 0.1) is 24.9 Å². The summed E-state index contributed by atoms with van der Waals surface area (Å²) in [6.07, 6.45) is 4.53. The number of methoxy groups -OCH3 is 1. The van der Waals surface area contributed by atoms with Crippen molar-refractivity contribution in [2.45, 2.75) is 19.4 Å². The molecule has 0 spiro atoms. The van der Waals surface area contributed by atoms with Crippen LogP contribution in [0.2, 0.25) is 0 Å². The van der Waals surface area contributed by atoms with Gasteiger partial charge >= 0.3 is 0 Å². The summed E-state index contributed by atoms with van der Waals surface area (Å²) in [6.45, 7) is 1.55. The van der Waals surface area contributed by atoms with Gasteiger partial charge in [0.1, 0.15) is 12.0 Å². The zero-order valence-corrected chi connectivity index (χ0v) is 17.1. The molecular weight excluding hydrogens is 412 g/mol. The number of carbonyl (C=O) groups is 2. The maximum atomic E-state index is 13.0. The third-order valence-corrected chi connectivity index (χ3v) is 5.35. The summed E-state index contributed by atoms with van der Waals surface area (Å²) >= 11 is 3.46. The number of hydrogen-bond acceptors (Lipinski definition) is 4. The molecule has 0 bridgehead atoms. The number of benzene rings is 1. The number of ether oxygens (including phenoxy) is 1. The Kier molecular flexibility index (Phi) is 6.21. The van der Waals surface area contributed by atoms with Gasteiger partial charge in [-0.2, -0.15) is 0 Å². The van der Waals surface area contributed by atoms with E-state index in [9.17, 15) is 9.59 Å². The van der Waals surface area contributed by atoms with Gasteiger partial charge in [-0.15, -0.1) is 0 Å². The molecule has 1 aromatic carbocycles. The van der Waals surface area contributed by atoms with Gasteiger partial charge in [0, 0.05) is 36.7 Å². The van der Waals surface area contributed by atoms with E-state index in [-0.39, 0.29) is 17.7 Å². The van der Waals surface area contributed by atoms with E-state index in [1.807, 2.05) is 18.2 Å². The first-order chi connectivity index (χ1) is 13.0. The first kappa shape index (κ1) is 19.5. The number of halogens is 1. The van der Waals surface area contributed by atoms with E-state index in [4.69, 9.17) is 9.15 Å². The summed E-state index contributed by atoms with van der Waals surface area (Å²) in [4.78, 5) is 28.9. The molecule has 0 aliphatic carbocycles. The van der Waals surface area contributed by atoms with Crippen molar-refractivity contribution in [1.82, 2.24) is 9.80 Å². The van der Waals surface area contributed by atoms with Crippen LogP contribution < -0.4 is 4.74 Å². The standard InChI is InChI=1S/C20H23BrN2O4/c1-22(11-16-10-17(21)5-6-18(16)26-2)19(24)14-4-3-8-23(12-14)20(25)15-7-9-27-13-15/h5-7,9-10,13-14H,3-4,8,11-12H2,1-2H3. The summed E-state index contributed by atoms with van der Waals surface area (Å²) in [5.74, 6) is 0.510. The summed E-state index contributed by atoms with van der Waals surface area (Å²) in [7, 11) is 3.41. The van der Waals surface area contributed by atoms with Crippen molar-refractivity contribution in [3.63, 3.8) is 0 Å². The number of carbonyl (C=O) groups excluding carboxylic acids is 2. The van der Waals surface area contributed by atoms with Crippen molar-refractivity contribution < 1.29 is 18.7 Å². The molecule has 1 aliphatic heterocycles. The Hall–Kier alpha value is -2.28. The zero-order chi connectivity index (χ0) is 19.4. The molecule has 2 aromatic rings. The van der Waals surface area contributed by atoms with Crippen LogP contribution in [-0.2, 0) is 11.3 Å². The number of furan rings is 1. The normalized spacial score (nSPS) is 16.9. The maximum absolute atomic E-state index is 13.0. The lowest BCUT2D eigenvalue weighted by Gasteiger charge is -2.34. The van der Waals surface area contributed by atoms with Crippen LogP contribution in [0.4, 0.5) is 0 Å². The molecule has 27 heavy (non-hydrogen) atoms. The average Bonchev–Trinajstić information content (AvgIpc) is 3.22. The van der Waals surface area contributed by atoms with Crippen molar-refractivity contribution in [2.24, 2.45) is 5.92 Å². The lowest BCUT2D eigenvalue weighted by Crippen LogP contribution is -2.45. The van der Waals surface area contributed by atoms with Crippen molar-refractivity contribution in [2.75, 3.05) is 27.2 Å². The third-order valence-electron chi connectivity index (χ3n) is 4.85. The van der Waals surface area contributed by atoms with Gasteiger partial charge in [-0.1, -0.05) is 15.9 Å². The van der Waals surface area contributed by atoms with Crippen LogP contribution in [0.25, 0.3) is 0 Å². The monoisotopic (exact) mass is 434 g/mol. The molecule has 2 heterocycles. The first-order valence-electron chi connectivity index (χ1n) is 8.88. The van der Waals surface area contributed by atoms with Crippen LogP contribution in [0, 0.1) is 5.92 Å². The Morgan fingerprint density at radius 2 is 2.19 bits per heavy atom. The highest BCUT2D eigenvalue weighted by Gasteiger charge is 2.31. The highest BCUT2D eigenvalue weighted by atomic mass is 79.9. The van der Waals surface area contributed by atoms with E-state index in [0.29, 0.717) is 25.2 Å². The minimum Gasteiger partial charge on any atom is -0.496 e. The summed E-state index contributed by atoms with van der Waals surface area (Å²) in [6, 6.07) is 7.39. The molecule has 1 unspecified atom stereocenters. The Bertz CT molecular complexity index is 806. The van der Waals surface area contributed by atoms with E-state index in [2.05, 4.69) is 15.9 Å². The molecule has 0 radical (unpaired) electrons. The molecular formula is C20H23BrN2O4. The molecule has 0 N–H and O–H groups in total. The molecule has 3 rings (SSSR count). The van der Waals surface area contributed by atoms with Crippen LogP contribution in [-0.4, -0.2) is 48.9 Å². The second kappa shape index (κ2) is 8.61. The average molecular weight is 435 g/mol. The van der Waals surface area contributed by atoms with Gasteiger partial charge in [-0.25, -0.2) is 0 Å². The van der Waals surface area contributed by atoms with Crippen molar-refractivity contribution in [1.29, 1.82) is 0 Å².